The third kappa shape index (κ3) is 5.50. The van der Waals surface area contributed by atoms with E-state index in [1.165, 1.54) is 14.2 Å². The van der Waals surface area contributed by atoms with Gasteiger partial charge in [0.15, 0.2) is 11.5 Å². The van der Waals surface area contributed by atoms with Crippen LogP contribution in [0.1, 0.15) is 27.6 Å². The zero-order valence-electron chi connectivity index (χ0n) is 15.9. The Morgan fingerprint density at radius 2 is 1.68 bits per heavy atom. The molecular weight excluding hydrogens is 380 g/mol. The van der Waals surface area contributed by atoms with Gasteiger partial charge in [-0.05, 0) is 49.0 Å². The number of carbonyl (C=O) groups is 3. The first-order chi connectivity index (χ1) is 13.5. The monoisotopic (exact) mass is 402 g/mol. The Labute approximate surface area is 167 Å². The van der Waals surface area contributed by atoms with Crippen molar-refractivity contribution in [3.63, 3.8) is 0 Å². The highest BCUT2D eigenvalue weighted by molar-refractivity contribution is 8.14. The molecule has 0 aliphatic heterocycles. The number of likely N-dealkylation sites (N-methyl/N-ethyl adjacent to an activating group) is 1. The van der Waals surface area contributed by atoms with Crippen LogP contribution >= 0.6 is 11.8 Å². The number of nitrogens with one attached hydrogen (secondary N) is 2. The molecule has 2 rings (SSSR count). The number of hydrogen-bond acceptors (Lipinski definition) is 6. The quantitative estimate of drug-likeness (QED) is 0.659. The lowest BCUT2D eigenvalue weighted by atomic mass is 10.2. The summed E-state index contributed by atoms with van der Waals surface area (Å²) in [7, 11) is 3.01. The first-order valence-electron chi connectivity index (χ1n) is 8.58. The van der Waals surface area contributed by atoms with Gasteiger partial charge in [0.2, 0.25) is 11.0 Å². The molecule has 8 heteroatoms. The molecule has 148 valence electrons. The van der Waals surface area contributed by atoms with Crippen LogP contribution in [0, 0.1) is 0 Å². The zero-order valence-corrected chi connectivity index (χ0v) is 16.7. The van der Waals surface area contributed by atoms with Gasteiger partial charge >= 0.3 is 0 Å². The molecule has 0 aliphatic rings. The number of methoxy groups -OCH3 is 2. The maximum Gasteiger partial charge on any atom is 0.252 e. The Bertz CT molecular complexity index is 869. The van der Waals surface area contributed by atoms with E-state index in [0.29, 0.717) is 34.1 Å². The lowest BCUT2D eigenvalue weighted by Crippen LogP contribution is -2.36. The predicted molar refractivity (Wildman–Crippen MR) is 107 cm³/mol. The molecule has 0 fully saturated rings. The summed E-state index contributed by atoms with van der Waals surface area (Å²) < 4.78 is 10.4. The van der Waals surface area contributed by atoms with Crippen LogP contribution in [0.4, 0.5) is 0 Å². The van der Waals surface area contributed by atoms with Crippen LogP contribution in [0.3, 0.4) is 0 Å². The van der Waals surface area contributed by atoms with E-state index in [2.05, 4.69) is 10.6 Å². The third-order valence-electron chi connectivity index (χ3n) is 3.74. The van der Waals surface area contributed by atoms with E-state index in [9.17, 15) is 14.4 Å². The first kappa shape index (κ1) is 21.3. The maximum absolute atomic E-state index is 12.7. The van der Waals surface area contributed by atoms with Crippen LogP contribution in [-0.2, 0) is 4.79 Å². The summed E-state index contributed by atoms with van der Waals surface area (Å²) in [6, 6.07) is 11.6. The smallest absolute Gasteiger partial charge is 0.252 e. The second kappa shape index (κ2) is 10.4. The van der Waals surface area contributed by atoms with E-state index in [1.807, 2.05) is 0 Å². The summed E-state index contributed by atoms with van der Waals surface area (Å²) in [5.74, 6) is 0.271. The molecule has 0 unspecified atom stereocenters. The fraction of sp³-hybridized carbons (Fsp3) is 0.250. The summed E-state index contributed by atoms with van der Waals surface area (Å²) in [5, 5.41) is 4.92. The van der Waals surface area contributed by atoms with Gasteiger partial charge in [-0.25, -0.2) is 0 Å². The van der Waals surface area contributed by atoms with Crippen molar-refractivity contribution < 1.29 is 23.9 Å². The normalized spacial score (nSPS) is 10.1. The topological polar surface area (TPSA) is 93.7 Å². The average Bonchev–Trinajstić information content (AvgIpc) is 2.72. The molecule has 2 amide bonds. The van der Waals surface area contributed by atoms with Gasteiger partial charge < -0.3 is 20.1 Å². The number of amides is 2. The molecule has 0 radical (unpaired) electrons. The Kier molecular flexibility index (Phi) is 7.88. The third-order valence-corrected chi connectivity index (χ3v) is 4.73. The molecule has 0 aromatic heterocycles. The summed E-state index contributed by atoms with van der Waals surface area (Å²) in [6.07, 6.45) is 0. The molecule has 0 saturated carbocycles. The maximum atomic E-state index is 12.7. The van der Waals surface area contributed by atoms with Crippen LogP contribution in [0.5, 0.6) is 11.5 Å². The molecule has 28 heavy (non-hydrogen) atoms. The number of carbonyl (C=O) groups excluding carboxylic acids is 3. The predicted octanol–water partition coefficient (Wildman–Crippen LogP) is 2.50. The van der Waals surface area contributed by atoms with Crippen molar-refractivity contribution in [3.05, 3.63) is 53.6 Å². The Morgan fingerprint density at radius 3 is 2.36 bits per heavy atom. The van der Waals surface area contributed by atoms with Crippen LogP contribution in [0.2, 0.25) is 0 Å². The van der Waals surface area contributed by atoms with E-state index in [4.69, 9.17) is 9.47 Å². The first-order valence-corrected chi connectivity index (χ1v) is 9.40. The highest BCUT2D eigenvalue weighted by Gasteiger charge is 2.17. The summed E-state index contributed by atoms with van der Waals surface area (Å²) in [6.45, 7) is 2.15. The number of ether oxygens (including phenoxy) is 2. The van der Waals surface area contributed by atoms with Gasteiger partial charge in [0, 0.05) is 17.0 Å². The minimum absolute atomic E-state index is 0.130. The van der Waals surface area contributed by atoms with Crippen molar-refractivity contribution in [1.29, 1.82) is 0 Å². The van der Waals surface area contributed by atoms with Crippen molar-refractivity contribution in [1.82, 2.24) is 10.6 Å². The number of hydrogen-bond donors (Lipinski definition) is 2. The van der Waals surface area contributed by atoms with E-state index >= 15 is 0 Å². The minimum atomic E-state index is -0.422. The van der Waals surface area contributed by atoms with Crippen molar-refractivity contribution in [2.45, 2.75) is 11.8 Å². The van der Waals surface area contributed by atoms with Gasteiger partial charge in [-0.2, -0.15) is 0 Å². The van der Waals surface area contributed by atoms with Gasteiger partial charge in [0.25, 0.3) is 5.91 Å². The highest BCUT2D eigenvalue weighted by Crippen LogP contribution is 2.31. The molecular formula is C20H22N2O5S. The summed E-state index contributed by atoms with van der Waals surface area (Å²) in [4.78, 5) is 37.1. The summed E-state index contributed by atoms with van der Waals surface area (Å²) in [5.41, 5.74) is 0.741. The Hall–Kier alpha value is -3.00. The van der Waals surface area contributed by atoms with E-state index in [1.54, 1.807) is 49.4 Å². The molecule has 0 heterocycles. The van der Waals surface area contributed by atoms with Gasteiger partial charge in [-0.15, -0.1) is 0 Å². The van der Waals surface area contributed by atoms with Crippen molar-refractivity contribution in [3.8, 4) is 11.5 Å². The molecule has 0 saturated heterocycles. The van der Waals surface area contributed by atoms with Gasteiger partial charge in [-0.1, -0.05) is 12.1 Å². The van der Waals surface area contributed by atoms with E-state index in [-0.39, 0.29) is 17.6 Å². The van der Waals surface area contributed by atoms with Crippen molar-refractivity contribution in [2.75, 3.05) is 27.3 Å². The van der Waals surface area contributed by atoms with Crippen LogP contribution in [0.15, 0.2) is 47.4 Å². The van der Waals surface area contributed by atoms with Crippen molar-refractivity contribution in [2.24, 2.45) is 0 Å². The molecule has 0 bridgehead atoms. The van der Waals surface area contributed by atoms with Gasteiger partial charge in [0.05, 0.1) is 26.3 Å². The van der Waals surface area contributed by atoms with E-state index < -0.39 is 5.91 Å². The molecule has 0 spiro atoms. The van der Waals surface area contributed by atoms with Gasteiger partial charge in [-0.3, -0.25) is 14.4 Å². The average molecular weight is 402 g/mol. The van der Waals surface area contributed by atoms with Gasteiger partial charge in [0.1, 0.15) is 0 Å². The minimum Gasteiger partial charge on any atom is -0.493 e. The molecule has 0 aliphatic carbocycles. The van der Waals surface area contributed by atoms with Crippen LogP contribution in [0.25, 0.3) is 0 Å². The van der Waals surface area contributed by atoms with Crippen LogP contribution < -0.4 is 20.1 Å². The largest absolute Gasteiger partial charge is 0.493 e. The fourth-order valence-electron chi connectivity index (χ4n) is 2.38. The molecule has 2 N–H and O–H groups in total. The Morgan fingerprint density at radius 1 is 0.964 bits per heavy atom. The molecule has 2 aromatic carbocycles. The molecule has 2 aromatic rings. The zero-order chi connectivity index (χ0) is 20.5. The highest BCUT2D eigenvalue weighted by atomic mass is 32.2. The van der Waals surface area contributed by atoms with Crippen molar-refractivity contribution >= 4 is 28.7 Å². The second-order valence-electron chi connectivity index (χ2n) is 5.59. The molecule has 7 nitrogen and oxygen atoms in total. The second-order valence-corrected chi connectivity index (χ2v) is 6.61. The SMILES string of the molecule is CCNC(=O)CNC(=O)c1ccccc1SC(=O)c1ccc(OC)c(OC)c1. The van der Waals surface area contributed by atoms with Crippen LogP contribution in [-0.4, -0.2) is 44.2 Å². The number of benzene rings is 2. The fourth-order valence-corrected chi connectivity index (χ4v) is 3.24. The lowest BCUT2D eigenvalue weighted by Gasteiger charge is -2.11. The van der Waals surface area contributed by atoms with E-state index in [0.717, 1.165) is 11.8 Å². The number of thioether (sulfide) groups is 1. The summed E-state index contributed by atoms with van der Waals surface area (Å²) >= 11 is 0.932. The lowest BCUT2D eigenvalue weighted by molar-refractivity contribution is -0.120. The number of rotatable bonds is 8. The Balaban J connectivity index is 2.15. The standard InChI is InChI=1S/C20H22N2O5S/c1-4-21-18(23)12-22-19(24)14-7-5-6-8-17(14)28-20(25)13-9-10-15(26-2)16(11-13)27-3/h5-11H,4,12H2,1-3H3,(H,21,23)(H,22,24). The molecule has 0 atom stereocenters.